The minimum Gasteiger partial charge on any atom is -0.344 e. The zero-order valence-corrected chi connectivity index (χ0v) is 10.6. The second-order valence-electron chi connectivity index (χ2n) is 4.83. The highest BCUT2D eigenvalue weighted by Gasteiger charge is 2.28. The maximum Gasteiger partial charge on any atom is 0.240 e. The first-order valence-corrected chi connectivity index (χ1v) is 6.38. The van der Waals surface area contributed by atoms with Crippen molar-refractivity contribution in [2.24, 2.45) is 11.1 Å². The molecule has 0 spiro atoms. The summed E-state index contributed by atoms with van der Waals surface area (Å²) in [5, 5.41) is 3.18. The van der Waals surface area contributed by atoms with Gasteiger partial charge in [0.2, 0.25) is 5.91 Å². The molecule has 0 aliphatic carbocycles. The van der Waals surface area contributed by atoms with Crippen molar-refractivity contribution in [2.45, 2.75) is 19.9 Å². The molecule has 0 aromatic carbocycles. The minimum absolute atomic E-state index is 0.00381. The van der Waals surface area contributed by atoms with Gasteiger partial charge in [-0.25, -0.2) is 0 Å². The van der Waals surface area contributed by atoms with Crippen molar-refractivity contribution in [3.63, 3.8) is 0 Å². The van der Waals surface area contributed by atoms with Crippen LogP contribution in [-0.2, 0) is 4.79 Å². The van der Waals surface area contributed by atoms with Crippen LogP contribution >= 0.6 is 11.8 Å². The summed E-state index contributed by atoms with van der Waals surface area (Å²) in [6.07, 6.45) is 0. The van der Waals surface area contributed by atoms with Crippen LogP contribution in [0, 0.1) is 5.41 Å². The molecule has 15 heavy (non-hydrogen) atoms. The zero-order chi connectivity index (χ0) is 11.5. The SMILES string of the molecule is CN(CC(C)(C)CN)C(=O)[C@H]1CSCN1. The van der Waals surface area contributed by atoms with Gasteiger partial charge >= 0.3 is 0 Å². The molecular weight excluding hydrogens is 210 g/mol. The molecule has 1 fully saturated rings. The van der Waals surface area contributed by atoms with Crippen molar-refractivity contribution in [3.8, 4) is 0 Å². The monoisotopic (exact) mass is 231 g/mol. The number of hydrogen-bond donors (Lipinski definition) is 2. The van der Waals surface area contributed by atoms with E-state index in [9.17, 15) is 4.79 Å². The highest BCUT2D eigenvalue weighted by Crippen LogP contribution is 2.16. The van der Waals surface area contributed by atoms with E-state index in [1.807, 2.05) is 7.05 Å². The Kier molecular flexibility index (Phi) is 4.43. The van der Waals surface area contributed by atoms with E-state index >= 15 is 0 Å². The summed E-state index contributed by atoms with van der Waals surface area (Å²) < 4.78 is 0. The highest BCUT2D eigenvalue weighted by atomic mass is 32.2. The fraction of sp³-hybridized carbons (Fsp3) is 0.900. The topological polar surface area (TPSA) is 58.4 Å². The van der Waals surface area contributed by atoms with Gasteiger partial charge in [0.15, 0.2) is 0 Å². The largest absolute Gasteiger partial charge is 0.344 e. The second kappa shape index (κ2) is 5.18. The van der Waals surface area contributed by atoms with Gasteiger partial charge < -0.3 is 10.6 Å². The Bertz CT molecular complexity index is 227. The van der Waals surface area contributed by atoms with Crippen molar-refractivity contribution in [1.29, 1.82) is 0 Å². The van der Waals surface area contributed by atoms with Crippen LogP contribution in [0.2, 0.25) is 0 Å². The molecule has 1 heterocycles. The first kappa shape index (κ1) is 12.8. The summed E-state index contributed by atoms with van der Waals surface area (Å²) in [4.78, 5) is 13.7. The third kappa shape index (κ3) is 3.66. The lowest BCUT2D eigenvalue weighted by Crippen LogP contribution is -2.47. The number of likely N-dealkylation sites (N-methyl/N-ethyl adjacent to an activating group) is 1. The van der Waals surface area contributed by atoms with Gasteiger partial charge in [-0.2, -0.15) is 0 Å². The van der Waals surface area contributed by atoms with Gasteiger partial charge in [-0.1, -0.05) is 13.8 Å². The number of nitrogens with zero attached hydrogens (tertiary/aromatic N) is 1. The summed E-state index contributed by atoms with van der Waals surface area (Å²) in [6.45, 7) is 5.46. The van der Waals surface area contributed by atoms with E-state index in [2.05, 4.69) is 19.2 Å². The van der Waals surface area contributed by atoms with E-state index in [1.165, 1.54) is 0 Å². The Labute approximate surface area is 96.0 Å². The highest BCUT2D eigenvalue weighted by molar-refractivity contribution is 7.99. The van der Waals surface area contributed by atoms with E-state index in [0.717, 1.165) is 11.6 Å². The predicted octanol–water partition coefficient (Wildman–Crippen LogP) is 0.0922. The molecular formula is C10H21N3OS. The molecule has 0 aromatic rings. The molecule has 1 rings (SSSR count). The predicted molar refractivity (Wildman–Crippen MR) is 64.7 cm³/mol. The summed E-state index contributed by atoms with van der Waals surface area (Å²) in [5.74, 6) is 1.94. The average Bonchev–Trinajstić information content (AvgIpc) is 2.68. The van der Waals surface area contributed by atoms with Gasteiger partial charge in [-0.15, -0.1) is 11.8 Å². The van der Waals surface area contributed by atoms with Gasteiger partial charge in [-0.3, -0.25) is 10.1 Å². The van der Waals surface area contributed by atoms with Crippen molar-refractivity contribution < 1.29 is 4.79 Å². The van der Waals surface area contributed by atoms with Gasteiger partial charge in [0.25, 0.3) is 0 Å². The molecule has 1 aliphatic rings. The molecule has 0 saturated carbocycles. The van der Waals surface area contributed by atoms with Crippen LogP contribution in [0.25, 0.3) is 0 Å². The Morgan fingerprint density at radius 2 is 2.33 bits per heavy atom. The third-order valence-electron chi connectivity index (χ3n) is 2.61. The second-order valence-corrected chi connectivity index (χ2v) is 5.86. The molecule has 1 aliphatic heterocycles. The molecule has 4 nitrogen and oxygen atoms in total. The summed E-state index contributed by atoms with van der Waals surface area (Å²) in [6, 6.07) is -0.00595. The molecule has 0 unspecified atom stereocenters. The number of amides is 1. The van der Waals surface area contributed by atoms with E-state index in [-0.39, 0.29) is 17.4 Å². The number of carbonyl (C=O) groups is 1. The van der Waals surface area contributed by atoms with Crippen molar-refractivity contribution in [2.75, 3.05) is 31.8 Å². The minimum atomic E-state index is -0.00595. The number of rotatable bonds is 4. The van der Waals surface area contributed by atoms with E-state index in [1.54, 1.807) is 16.7 Å². The zero-order valence-electron chi connectivity index (χ0n) is 9.75. The molecule has 1 atom stereocenters. The first-order chi connectivity index (χ1) is 6.96. The molecule has 0 bridgehead atoms. The molecule has 1 saturated heterocycles. The number of nitrogens with two attached hydrogens (primary N) is 1. The normalized spacial score (nSPS) is 21.7. The Morgan fingerprint density at radius 3 is 2.80 bits per heavy atom. The third-order valence-corrected chi connectivity index (χ3v) is 3.55. The molecule has 0 radical (unpaired) electrons. The van der Waals surface area contributed by atoms with Crippen molar-refractivity contribution in [3.05, 3.63) is 0 Å². The van der Waals surface area contributed by atoms with Gasteiger partial charge in [0.05, 0.1) is 6.04 Å². The van der Waals surface area contributed by atoms with Crippen LogP contribution < -0.4 is 11.1 Å². The fourth-order valence-electron chi connectivity index (χ4n) is 1.60. The van der Waals surface area contributed by atoms with Gasteiger partial charge in [0.1, 0.15) is 0 Å². The quantitative estimate of drug-likeness (QED) is 0.720. The number of nitrogens with one attached hydrogen (secondary N) is 1. The first-order valence-electron chi connectivity index (χ1n) is 5.22. The van der Waals surface area contributed by atoms with Gasteiger partial charge in [-0.05, 0) is 12.0 Å². The summed E-state index contributed by atoms with van der Waals surface area (Å²) in [7, 11) is 1.85. The maximum absolute atomic E-state index is 11.9. The van der Waals surface area contributed by atoms with Crippen molar-refractivity contribution in [1.82, 2.24) is 10.2 Å². The smallest absolute Gasteiger partial charge is 0.240 e. The Hall–Kier alpha value is -0.260. The molecule has 88 valence electrons. The summed E-state index contributed by atoms with van der Waals surface area (Å²) >= 11 is 1.77. The lowest BCUT2D eigenvalue weighted by Gasteiger charge is -2.30. The number of hydrogen-bond acceptors (Lipinski definition) is 4. The lowest BCUT2D eigenvalue weighted by molar-refractivity contribution is -0.132. The summed E-state index contributed by atoms with van der Waals surface area (Å²) in [5.41, 5.74) is 5.65. The molecule has 3 N–H and O–H groups in total. The number of carbonyl (C=O) groups excluding carboxylic acids is 1. The van der Waals surface area contributed by atoms with Gasteiger partial charge in [0, 0.05) is 25.2 Å². The van der Waals surface area contributed by atoms with Crippen LogP contribution in [-0.4, -0.2) is 48.6 Å². The lowest BCUT2D eigenvalue weighted by atomic mass is 9.93. The molecule has 0 aromatic heterocycles. The van der Waals surface area contributed by atoms with Crippen LogP contribution in [0.1, 0.15) is 13.8 Å². The molecule has 5 heteroatoms. The average molecular weight is 231 g/mol. The Balaban J connectivity index is 2.45. The number of thioether (sulfide) groups is 1. The standard InChI is InChI=1S/C10H21N3OS/c1-10(2,5-11)6-13(3)9(14)8-4-15-7-12-8/h8,12H,4-7,11H2,1-3H3/t8-/m1/s1. The maximum atomic E-state index is 11.9. The molecule has 1 amide bonds. The van der Waals surface area contributed by atoms with Crippen LogP contribution in [0.15, 0.2) is 0 Å². The van der Waals surface area contributed by atoms with E-state index in [4.69, 9.17) is 5.73 Å². The van der Waals surface area contributed by atoms with E-state index in [0.29, 0.717) is 13.1 Å². The Morgan fingerprint density at radius 1 is 1.67 bits per heavy atom. The van der Waals surface area contributed by atoms with Crippen LogP contribution in [0.5, 0.6) is 0 Å². The fourth-order valence-corrected chi connectivity index (χ4v) is 2.54. The van der Waals surface area contributed by atoms with Crippen LogP contribution in [0.3, 0.4) is 0 Å². The van der Waals surface area contributed by atoms with E-state index < -0.39 is 0 Å². The van der Waals surface area contributed by atoms with Crippen LogP contribution in [0.4, 0.5) is 0 Å². The van der Waals surface area contributed by atoms with Crippen molar-refractivity contribution >= 4 is 17.7 Å².